The Balaban J connectivity index is 1.27. The number of halogens is 1. The predicted octanol–water partition coefficient (Wildman–Crippen LogP) is 2.73. The lowest BCUT2D eigenvalue weighted by molar-refractivity contribution is -0.131. The molecule has 43 heavy (non-hydrogen) atoms. The number of anilines is 2. The van der Waals surface area contributed by atoms with Gasteiger partial charge in [-0.1, -0.05) is 24.3 Å². The Morgan fingerprint density at radius 3 is 2.33 bits per heavy atom. The number of nitrogens with two attached hydrogens (primary N) is 2. The SMILES string of the molecule is CC(C)(C)OC(=O)NC[C@@]1(N)CN(c2ccc(N3CCN(C(=O)CCC(=O)c4ccc(CN)cc4)CC3)c(F)c2)C(=O)O1. The Hall–Kier alpha value is -4.23. The number of cyclic esters (lactones) is 1. The van der Waals surface area contributed by atoms with E-state index in [1.165, 1.54) is 11.0 Å². The minimum atomic E-state index is -1.52. The highest BCUT2D eigenvalue weighted by Crippen LogP contribution is 2.30. The van der Waals surface area contributed by atoms with Crippen molar-refractivity contribution in [3.8, 4) is 0 Å². The van der Waals surface area contributed by atoms with Crippen molar-refractivity contribution >= 4 is 35.3 Å². The highest BCUT2D eigenvalue weighted by molar-refractivity contribution is 5.98. The van der Waals surface area contributed by atoms with Crippen LogP contribution in [0, 0.1) is 5.82 Å². The first-order valence-electron chi connectivity index (χ1n) is 14.2. The largest absolute Gasteiger partial charge is 0.444 e. The third kappa shape index (κ3) is 8.20. The molecule has 0 saturated carbocycles. The number of hydrogen-bond donors (Lipinski definition) is 3. The molecule has 0 aliphatic carbocycles. The number of Topliss-reactive ketones (excluding diaryl/α,β-unsaturated/α-hetero) is 1. The van der Waals surface area contributed by atoms with E-state index in [-0.39, 0.29) is 43.3 Å². The first-order chi connectivity index (χ1) is 20.3. The summed E-state index contributed by atoms with van der Waals surface area (Å²) in [6.07, 6.45) is -1.26. The molecule has 0 unspecified atom stereocenters. The van der Waals surface area contributed by atoms with Crippen LogP contribution in [0.4, 0.5) is 25.4 Å². The number of nitrogens with zero attached hydrogens (tertiary/aromatic N) is 3. The van der Waals surface area contributed by atoms with E-state index in [0.717, 1.165) is 5.56 Å². The van der Waals surface area contributed by atoms with Crippen molar-refractivity contribution in [3.05, 3.63) is 59.4 Å². The van der Waals surface area contributed by atoms with E-state index >= 15 is 4.39 Å². The maximum Gasteiger partial charge on any atom is 0.416 e. The lowest BCUT2D eigenvalue weighted by Crippen LogP contribution is -2.53. The van der Waals surface area contributed by atoms with Crippen molar-refractivity contribution in [2.24, 2.45) is 11.5 Å². The summed E-state index contributed by atoms with van der Waals surface area (Å²) in [7, 11) is 0. The summed E-state index contributed by atoms with van der Waals surface area (Å²) in [4.78, 5) is 54.4. The van der Waals surface area contributed by atoms with Gasteiger partial charge >= 0.3 is 12.2 Å². The van der Waals surface area contributed by atoms with Gasteiger partial charge in [0.2, 0.25) is 5.91 Å². The molecule has 4 rings (SSSR count). The maximum atomic E-state index is 15.2. The molecular formula is C30H39FN6O6. The fourth-order valence-corrected chi connectivity index (χ4v) is 4.88. The lowest BCUT2D eigenvalue weighted by atomic mass is 10.0. The van der Waals surface area contributed by atoms with Gasteiger partial charge in [-0.25, -0.2) is 14.0 Å². The third-order valence-corrected chi connectivity index (χ3v) is 7.16. The molecule has 0 spiro atoms. The molecule has 0 aromatic heterocycles. The number of benzene rings is 2. The molecule has 3 amide bonds. The molecule has 232 valence electrons. The number of carbonyl (C=O) groups is 4. The number of carbonyl (C=O) groups excluding carboxylic acids is 4. The number of nitrogens with one attached hydrogen (secondary N) is 1. The van der Waals surface area contributed by atoms with Gasteiger partial charge in [-0.3, -0.25) is 20.2 Å². The summed E-state index contributed by atoms with van der Waals surface area (Å²) in [5, 5.41) is 2.49. The summed E-state index contributed by atoms with van der Waals surface area (Å²) < 4.78 is 25.7. The Labute approximate surface area is 250 Å². The minimum absolute atomic E-state index is 0.0996. The van der Waals surface area contributed by atoms with Crippen LogP contribution >= 0.6 is 0 Å². The standard InChI is InChI=1S/C30H39FN6O6/c1-29(2,3)42-27(40)34-18-30(33)19-37(28(41)43-30)22-8-9-24(23(31)16-22)35-12-14-36(15-13-35)26(39)11-10-25(38)21-6-4-20(17-32)5-7-21/h4-9,16H,10-15,17-19,32-33H2,1-3H3,(H,34,40)/t30-/m0/s1. The topological polar surface area (TPSA) is 161 Å². The van der Waals surface area contributed by atoms with E-state index in [4.69, 9.17) is 20.9 Å². The van der Waals surface area contributed by atoms with Crippen LogP contribution in [0.25, 0.3) is 0 Å². The van der Waals surface area contributed by atoms with Crippen LogP contribution in [-0.4, -0.2) is 79.4 Å². The van der Waals surface area contributed by atoms with Crippen LogP contribution in [0.1, 0.15) is 49.5 Å². The number of rotatable bonds is 9. The van der Waals surface area contributed by atoms with Gasteiger partial charge in [-0.15, -0.1) is 0 Å². The maximum absolute atomic E-state index is 15.2. The van der Waals surface area contributed by atoms with Gasteiger partial charge in [0, 0.05) is 51.1 Å². The highest BCUT2D eigenvalue weighted by atomic mass is 19.1. The van der Waals surface area contributed by atoms with Crippen molar-refractivity contribution in [2.75, 3.05) is 49.1 Å². The van der Waals surface area contributed by atoms with E-state index in [1.807, 2.05) is 4.90 Å². The third-order valence-electron chi connectivity index (χ3n) is 7.16. The second kappa shape index (κ2) is 13.0. The van der Waals surface area contributed by atoms with Crippen molar-refractivity contribution in [1.82, 2.24) is 10.2 Å². The van der Waals surface area contributed by atoms with E-state index < -0.39 is 29.3 Å². The number of piperazine rings is 1. The van der Waals surface area contributed by atoms with Crippen LogP contribution in [0.15, 0.2) is 42.5 Å². The molecule has 2 fully saturated rings. The molecule has 1 atom stereocenters. The number of hydrogen-bond acceptors (Lipinski definition) is 9. The molecule has 2 aromatic carbocycles. The minimum Gasteiger partial charge on any atom is -0.444 e. The zero-order valence-corrected chi connectivity index (χ0v) is 24.7. The van der Waals surface area contributed by atoms with Crippen molar-refractivity contribution in [1.29, 1.82) is 0 Å². The molecule has 0 bridgehead atoms. The van der Waals surface area contributed by atoms with Crippen LogP contribution in [0.2, 0.25) is 0 Å². The molecule has 12 nitrogen and oxygen atoms in total. The first-order valence-corrected chi connectivity index (χ1v) is 14.2. The van der Waals surface area contributed by atoms with E-state index in [0.29, 0.717) is 44.0 Å². The van der Waals surface area contributed by atoms with Crippen molar-refractivity contribution in [3.63, 3.8) is 0 Å². The van der Waals surface area contributed by atoms with Crippen LogP contribution in [-0.2, 0) is 20.8 Å². The zero-order valence-electron chi connectivity index (χ0n) is 24.7. The van der Waals surface area contributed by atoms with Gasteiger partial charge in [0.15, 0.2) is 11.5 Å². The zero-order chi connectivity index (χ0) is 31.4. The average Bonchev–Trinajstić information content (AvgIpc) is 3.28. The quantitative estimate of drug-likeness (QED) is 0.369. The monoisotopic (exact) mass is 598 g/mol. The van der Waals surface area contributed by atoms with E-state index in [2.05, 4.69) is 5.32 Å². The van der Waals surface area contributed by atoms with E-state index in [1.54, 1.807) is 62.1 Å². The first kappa shape index (κ1) is 31.7. The Bertz CT molecular complexity index is 1360. The predicted molar refractivity (Wildman–Crippen MR) is 158 cm³/mol. The Morgan fingerprint density at radius 1 is 1.05 bits per heavy atom. The van der Waals surface area contributed by atoms with Gasteiger partial charge in [0.25, 0.3) is 0 Å². The lowest BCUT2D eigenvalue weighted by Gasteiger charge is -2.36. The molecule has 5 N–H and O–H groups in total. The Kier molecular flexibility index (Phi) is 9.55. The van der Waals surface area contributed by atoms with Crippen molar-refractivity contribution < 1.29 is 33.0 Å². The summed E-state index contributed by atoms with van der Waals surface area (Å²) >= 11 is 0. The fourth-order valence-electron chi connectivity index (χ4n) is 4.88. The summed E-state index contributed by atoms with van der Waals surface area (Å²) in [6, 6.07) is 11.4. The van der Waals surface area contributed by atoms with Crippen LogP contribution in [0.3, 0.4) is 0 Å². The molecule has 13 heteroatoms. The molecule has 0 radical (unpaired) electrons. The summed E-state index contributed by atoms with van der Waals surface area (Å²) in [5.41, 5.74) is 11.6. The normalized spacial score (nSPS) is 18.8. The number of amides is 3. The molecule has 2 aromatic rings. The number of alkyl carbamates (subject to hydrolysis) is 1. The molecule has 2 aliphatic heterocycles. The molecule has 2 heterocycles. The van der Waals surface area contributed by atoms with Crippen LogP contribution in [0.5, 0.6) is 0 Å². The fraction of sp³-hybridized carbons (Fsp3) is 0.467. The van der Waals surface area contributed by atoms with Crippen molar-refractivity contribution in [2.45, 2.75) is 51.5 Å². The molecular weight excluding hydrogens is 559 g/mol. The number of ether oxygens (including phenoxy) is 2. The highest BCUT2D eigenvalue weighted by Gasteiger charge is 2.43. The second-order valence-corrected chi connectivity index (χ2v) is 11.7. The van der Waals surface area contributed by atoms with Gasteiger partial charge in [0.05, 0.1) is 24.5 Å². The smallest absolute Gasteiger partial charge is 0.416 e. The van der Waals surface area contributed by atoms with E-state index in [9.17, 15) is 19.2 Å². The summed E-state index contributed by atoms with van der Waals surface area (Å²) in [6.45, 7) is 6.84. The molecule has 2 aliphatic rings. The van der Waals surface area contributed by atoms with Gasteiger partial charge < -0.3 is 30.3 Å². The summed E-state index contributed by atoms with van der Waals surface area (Å²) in [5.74, 6) is -0.773. The average molecular weight is 599 g/mol. The van der Waals surface area contributed by atoms with Gasteiger partial charge in [0.1, 0.15) is 11.4 Å². The van der Waals surface area contributed by atoms with Crippen LogP contribution < -0.4 is 26.6 Å². The van der Waals surface area contributed by atoms with Gasteiger partial charge in [-0.05, 0) is 44.5 Å². The molecule has 2 saturated heterocycles. The van der Waals surface area contributed by atoms with Gasteiger partial charge in [-0.2, -0.15) is 0 Å². The Morgan fingerprint density at radius 2 is 1.72 bits per heavy atom. The number of ketones is 1. The second-order valence-electron chi connectivity index (χ2n) is 11.7.